The fourth-order valence-electron chi connectivity index (χ4n) is 4.80. The summed E-state index contributed by atoms with van der Waals surface area (Å²) < 4.78 is 11.1. The molecule has 0 aromatic heterocycles. The summed E-state index contributed by atoms with van der Waals surface area (Å²) in [5.74, 6) is -0.398. The van der Waals surface area contributed by atoms with Gasteiger partial charge in [-0.15, -0.1) is 0 Å². The lowest BCUT2D eigenvalue weighted by Gasteiger charge is -2.28. The zero-order valence-electron chi connectivity index (χ0n) is 22.5. The number of unbranched alkanes of at least 4 members (excludes halogenated alkanes) is 2. The maximum Gasteiger partial charge on any atom is 0.295 e. The molecule has 7 nitrogen and oxygen atoms in total. The molecule has 0 saturated carbocycles. The van der Waals surface area contributed by atoms with Crippen molar-refractivity contribution >= 4 is 17.4 Å². The smallest absolute Gasteiger partial charge is 0.295 e. The van der Waals surface area contributed by atoms with Gasteiger partial charge in [0.2, 0.25) is 0 Å². The molecule has 1 N–H and O–H groups in total. The van der Waals surface area contributed by atoms with Crippen molar-refractivity contribution in [2.75, 3.05) is 40.4 Å². The van der Waals surface area contributed by atoms with E-state index >= 15 is 0 Å². The molecule has 0 bridgehead atoms. The second kappa shape index (κ2) is 13.8. The van der Waals surface area contributed by atoms with E-state index in [0.717, 1.165) is 45.3 Å². The lowest BCUT2D eigenvalue weighted by atomic mass is 9.94. The molecule has 37 heavy (non-hydrogen) atoms. The average Bonchev–Trinajstić information content (AvgIpc) is 3.18. The van der Waals surface area contributed by atoms with Crippen molar-refractivity contribution in [3.8, 4) is 11.5 Å². The predicted molar refractivity (Wildman–Crippen MR) is 146 cm³/mol. The van der Waals surface area contributed by atoms with Gasteiger partial charge in [-0.25, -0.2) is 0 Å². The number of aliphatic hydroxyl groups is 1. The van der Waals surface area contributed by atoms with Crippen molar-refractivity contribution in [2.24, 2.45) is 0 Å². The molecule has 1 aliphatic rings. The first-order chi connectivity index (χ1) is 18.0. The molecule has 2 aromatic carbocycles. The van der Waals surface area contributed by atoms with Crippen molar-refractivity contribution in [3.63, 3.8) is 0 Å². The Morgan fingerprint density at radius 2 is 1.57 bits per heavy atom. The molecule has 1 heterocycles. The Labute approximate surface area is 220 Å². The van der Waals surface area contributed by atoms with Gasteiger partial charge in [0.25, 0.3) is 11.7 Å². The maximum atomic E-state index is 13.4. The number of nitrogens with zero attached hydrogens (tertiary/aromatic N) is 2. The largest absolute Gasteiger partial charge is 0.507 e. The average molecular weight is 509 g/mol. The van der Waals surface area contributed by atoms with Crippen molar-refractivity contribution in [1.29, 1.82) is 0 Å². The molecule has 1 saturated heterocycles. The fraction of sp³-hybridized carbons (Fsp3) is 0.467. The van der Waals surface area contributed by atoms with Crippen LogP contribution in [0.2, 0.25) is 0 Å². The molecule has 1 atom stereocenters. The number of benzene rings is 2. The van der Waals surface area contributed by atoms with Crippen LogP contribution in [0.1, 0.15) is 63.1 Å². The SMILES string of the molecule is CCCCN(CCCC)CCCN1C(=O)C(=O)/C(=C(\O)c2ccccc2)C1c1cc(OC)ccc1OC. The summed E-state index contributed by atoms with van der Waals surface area (Å²) in [4.78, 5) is 30.7. The molecule has 2 aromatic rings. The Hall–Kier alpha value is -3.32. The summed E-state index contributed by atoms with van der Waals surface area (Å²) in [7, 11) is 3.11. The minimum absolute atomic E-state index is 0.0663. The number of amides is 1. The molecule has 7 heteroatoms. The number of ether oxygens (including phenoxy) is 2. The highest BCUT2D eigenvalue weighted by molar-refractivity contribution is 6.46. The molecule has 0 spiro atoms. The van der Waals surface area contributed by atoms with E-state index in [1.165, 1.54) is 0 Å². The Bertz CT molecular complexity index is 1070. The van der Waals surface area contributed by atoms with Gasteiger partial charge in [-0.05, 0) is 57.1 Å². The number of methoxy groups -OCH3 is 2. The van der Waals surface area contributed by atoms with Gasteiger partial charge >= 0.3 is 0 Å². The number of hydrogen-bond donors (Lipinski definition) is 1. The Kier molecular flexibility index (Phi) is 10.6. The first-order valence-electron chi connectivity index (χ1n) is 13.2. The third-order valence-corrected chi connectivity index (χ3v) is 6.85. The lowest BCUT2D eigenvalue weighted by Crippen LogP contribution is -2.34. The second-order valence-electron chi connectivity index (χ2n) is 9.37. The summed E-state index contributed by atoms with van der Waals surface area (Å²) in [6.45, 7) is 7.64. The van der Waals surface area contributed by atoms with E-state index in [1.54, 1.807) is 61.6 Å². The monoisotopic (exact) mass is 508 g/mol. The van der Waals surface area contributed by atoms with Gasteiger partial charge in [0, 0.05) is 17.7 Å². The Morgan fingerprint density at radius 1 is 0.919 bits per heavy atom. The van der Waals surface area contributed by atoms with Crippen LogP contribution in [0.4, 0.5) is 0 Å². The molecule has 1 amide bonds. The van der Waals surface area contributed by atoms with Crippen molar-refractivity contribution < 1.29 is 24.2 Å². The van der Waals surface area contributed by atoms with Gasteiger partial charge in [0.05, 0.1) is 25.8 Å². The van der Waals surface area contributed by atoms with Gasteiger partial charge in [-0.1, -0.05) is 57.0 Å². The third-order valence-electron chi connectivity index (χ3n) is 6.85. The number of Topliss-reactive ketones (excluding diaryl/α,β-unsaturated/α-hetero) is 1. The summed E-state index contributed by atoms with van der Waals surface area (Å²) in [6, 6.07) is 13.4. The van der Waals surface area contributed by atoms with Gasteiger partial charge in [0.15, 0.2) is 0 Å². The molecule has 0 radical (unpaired) electrons. The quantitative estimate of drug-likeness (QED) is 0.209. The van der Waals surface area contributed by atoms with Crippen LogP contribution >= 0.6 is 0 Å². The molecule has 200 valence electrons. The van der Waals surface area contributed by atoms with Gasteiger partial charge in [0.1, 0.15) is 17.3 Å². The third kappa shape index (κ3) is 6.72. The first kappa shape index (κ1) is 28.3. The Morgan fingerprint density at radius 3 is 2.16 bits per heavy atom. The van der Waals surface area contributed by atoms with Crippen molar-refractivity contribution in [2.45, 2.75) is 52.0 Å². The number of likely N-dealkylation sites (tertiary alicyclic amines) is 1. The summed E-state index contributed by atoms with van der Waals surface area (Å²) in [5, 5.41) is 11.3. The van der Waals surface area contributed by atoms with Crippen molar-refractivity contribution in [3.05, 3.63) is 65.2 Å². The summed E-state index contributed by atoms with van der Waals surface area (Å²) in [5.41, 5.74) is 1.15. The zero-order valence-corrected chi connectivity index (χ0v) is 22.5. The second-order valence-corrected chi connectivity index (χ2v) is 9.37. The van der Waals surface area contributed by atoms with Crippen LogP contribution < -0.4 is 9.47 Å². The van der Waals surface area contributed by atoms with Crippen LogP contribution in [0.15, 0.2) is 54.1 Å². The zero-order chi connectivity index (χ0) is 26.8. The number of ketones is 1. The standard InChI is InChI=1S/C30H40N2O5/c1-5-7-17-31(18-8-6-2)19-12-20-32-27(24-21-23(36-3)15-16-25(24)37-4)26(29(34)30(32)35)28(33)22-13-10-9-11-14-22/h9-11,13-16,21,27,33H,5-8,12,17-20H2,1-4H3/b28-26-. The van der Waals surface area contributed by atoms with Crippen LogP contribution in [0, 0.1) is 0 Å². The van der Waals surface area contributed by atoms with E-state index in [4.69, 9.17) is 9.47 Å². The van der Waals surface area contributed by atoms with Crippen LogP contribution in [0.3, 0.4) is 0 Å². The number of hydrogen-bond acceptors (Lipinski definition) is 6. The van der Waals surface area contributed by atoms with E-state index in [-0.39, 0.29) is 11.3 Å². The van der Waals surface area contributed by atoms with E-state index in [1.807, 2.05) is 6.07 Å². The highest BCUT2D eigenvalue weighted by Crippen LogP contribution is 2.43. The molecular formula is C30H40N2O5. The first-order valence-corrected chi connectivity index (χ1v) is 13.2. The minimum atomic E-state index is -0.787. The summed E-state index contributed by atoms with van der Waals surface area (Å²) >= 11 is 0. The topological polar surface area (TPSA) is 79.3 Å². The van der Waals surface area contributed by atoms with Crippen LogP contribution in [0.25, 0.3) is 5.76 Å². The summed E-state index contributed by atoms with van der Waals surface area (Å²) in [6.07, 6.45) is 5.24. The van der Waals surface area contributed by atoms with Gasteiger partial charge in [-0.2, -0.15) is 0 Å². The number of rotatable bonds is 14. The number of carbonyl (C=O) groups excluding carboxylic acids is 2. The Balaban J connectivity index is 2.00. The van der Waals surface area contributed by atoms with Crippen molar-refractivity contribution in [1.82, 2.24) is 9.80 Å². The predicted octanol–water partition coefficient (Wildman–Crippen LogP) is 5.42. The van der Waals surface area contributed by atoms with E-state index in [2.05, 4.69) is 18.7 Å². The molecule has 1 fully saturated rings. The molecule has 3 rings (SSSR count). The van der Waals surface area contributed by atoms with Gasteiger partial charge < -0.3 is 24.4 Å². The maximum absolute atomic E-state index is 13.4. The van der Waals surface area contributed by atoms with Crippen LogP contribution in [0.5, 0.6) is 11.5 Å². The molecule has 0 aliphatic carbocycles. The fourth-order valence-corrected chi connectivity index (χ4v) is 4.80. The molecule has 1 unspecified atom stereocenters. The van der Waals surface area contributed by atoms with Gasteiger partial charge in [-0.3, -0.25) is 9.59 Å². The van der Waals surface area contributed by atoms with E-state index in [0.29, 0.717) is 35.6 Å². The normalized spacial score (nSPS) is 17.0. The van der Waals surface area contributed by atoms with E-state index in [9.17, 15) is 14.7 Å². The van der Waals surface area contributed by atoms with Crippen LogP contribution in [-0.2, 0) is 9.59 Å². The highest BCUT2D eigenvalue weighted by atomic mass is 16.5. The van der Waals surface area contributed by atoms with Crippen LogP contribution in [-0.4, -0.2) is 67.0 Å². The molecule has 1 aliphatic heterocycles. The molecular weight excluding hydrogens is 468 g/mol. The minimum Gasteiger partial charge on any atom is -0.507 e. The number of aliphatic hydroxyl groups excluding tert-OH is 1. The number of carbonyl (C=O) groups is 2. The lowest BCUT2D eigenvalue weighted by molar-refractivity contribution is -0.140. The van der Waals surface area contributed by atoms with E-state index < -0.39 is 17.7 Å². The highest BCUT2D eigenvalue weighted by Gasteiger charge is 2.47.